The van der Waals surface area contributed by atoms with Gasteiger partial charge in [-0.15, -0.1) is 11.6 Å². The molecular formula is C11H9ClO5. The summed E-state index contributed by atoms with van der Waals surface area (Å²) < 4.78 is 0. The normalized spacial score (nSPS) is 11.9. The molecule has 2 N–H and O–H groups in total. The summed E-state index contributed by atoms with van der Waals surface area (Å²) in [6, 6.07) is 3.71. The van der Waals surface area contributed by atoms with E-state index in [9.17, 15) is 14.4 Å². The van der Waals surface area contributed by atoms with Gasteiger partial charge in [0.1, 0.15) is 5.38 Å². The molecule has 0 amide bonds. The number of alkyl halides is 1. The van der Waals surface area contributed by atoms with Crippen molar-refractivity contribution >= 4 is 29.3 Å². The Morgan fingerprint density at radius 2 is 1.53 bits per heavy atom. The van der Waals surface area contributed by atoms with Gasteiger partial charge in [0.05, 0.1) is 11.1 Å². The maximum Gasteiger partial charge on any atom is 0.336 e. The highest BCUT2D eigenvalue weighted by Gasteiger charge is 2.26. The van der Waals surface area contributed by atoms with Crippen molar-refractivity contribution in [3.8, 4) is 0 Å². The minimum Gasteiger partial charge on any atom is -0.478 e. The Bertz CT molecular complexity index is 462. The van der Waals surface area contributed by atoms with E-state index in [1.54, 1.807) is 0 Å². The first-order valence-corrected chi connectivity index (χ1v) is 5.04. The Labute approximate surface area is 102 Å². The summed E-state index contributed by atoms with van der Waals surface area (Å²) in [5.74, 6) is -3.16. The van der Waals surface area contributed by atoms with Gasteiger partial charge in [-0.2, -0.15) is 0 Å². The van der Waals surface area contributed by atoms with Crippen molar-refractivity contribution in [2.24, 2.45) is 0 Å². The Morgan fingerprint density at radius 1 is 1.12 bits per heavy atom. The van der Waals surface area contributed by atoms with Gasteiger partial charge in [-0.3, -0.25) is 4.79 Å². The lowest BCUT2D eigenvalue weighted by molar-refractivity contribution is -0.116. The van der Waals surface area contributed by atoms with Gasteiger partial charge in [-0.05, 0) is 19.1 Å². The van der Waals surface area contributed by atoms with E-state index >= 15 is 0 Å². The maximum atomic E-state index is 11.2. The molecule has 1 aromatic carbocycles. The Balaban J connectivity index is 3.54. The molecular weight excluding hydrogens is 248 g/mol. The van der Waals surface area contributed by atoms with Gasteiger partial charge < -0.3 is 10.2 Å². The lowest BCUT2D eigenvalue weighted by Crippen LogP contribution is -2.14. The lowest BCUT2D eigenvalue weighted by atomic mass is 9.96. The fraction of sp³-hybridized carbons (Fsp3) is 0.182. The number of benzene rings is 1. The van der Waals surface area contributed by atoms with Crippen molar-refractivity contribution in [3.05, 3.63) is 34.9 Å². The van der Waals surface area contributed by atoms with Crippen LogP contribution in [0.1, 0.15) is 38.6 Å². The van der Waals surface area contributed by atoms with E-state index in [1.165, 1.54) is 25.1 Å². The van der Waals surface area contributed by atoms with E-state index in [-0.39, 0.29) is 16.7 Å². The number of rotatable bonds is 4. The molecule has 0 saturated carbocycles. The molecule has 1 aromatic rings. The van der Waals surface area contributed by atoms with E-state index in [2.05, 4.69) is 0 Å². The molecule has 0 saturated heterocycles. The second-order valence-corrected chi connectivity index (χ2v) is 3.79. The van der Waals surface area contributed by atoms with Gasteiger partial charge in [-0.1, -0.05) is 6.07 Å². The predicted molar refractivity (Wildman–Crippen MR) is 59.6 cm³/mol. The summed E-state index contributed by atoms with van der Waals surface area (Å²) in [6.07, 6.45) is 0. The largest absolute Gasteiger partial charge is 0.478 e. The minimum absolute atomic E-state index is 0.179. The van der Waals surface area contributed by atoms with Crippen LogP contribution in [0.4, 0.5) is 0 Å². The van der Waals surface area contributed by atoms with Crippen LogP contribution in [0.2, 0.25) is 0 Å². The van der Waals surface area contributed by atoms with Crippen LogP contribution in [0.25, 0.3) is 0 Å². The highest BCUT2D eigenvalue weighted by atomic mass is 35.5. The zero-order valence-electron chi connectivity index (χ0n) is 8.81. The summed E-state index contributed by atoms with van der Waals surface area (Å²) in [5.41, 5.74) is -0.734. The zero-order chi connectivity index (χ0) is 13.2. The van der Waals surface area contributed by atoms with Crippen LogP contribution in [0.5, 0.6) is 0 Å². The topological polar surface area (TPSA) is 91.7 Å². The van der Waals surface area contributed by atoms with Crippen LogP contribution in [0, 0.1) is 0 Å². The number of carboxylic acid groups (broad SMARTS) is 2. The average molecular weight is 257 g/mol. The number of halogens is 1. The van der Waals surface area contributed by atoms with Gasteiger partial charge in [0.2, 0.25) is 0 Å². The van der Waals surface area contributed by atoms with Gasteiger partial charge in [-0.25, -0.2) is 9.59 Å². The molecule has 6 heteroatoms. The van der Waals surface area contributed by atoms with E-state index < -0.39 is 23.1 Å². The summed E-state index contributed by atoms with van der Waals surface area (Å²) in [4.78, 5) is 33.1. The first-order valence-electron chi connectivity index (χ1n) is 4.60. The number of hydrogen-bond donors (Lipinski definition) is 2. The first kappa shape index (κ1) is 13.2. The average Bonchev–Trinajstić information content (AvgIpc) is 2.26. The van der Waals surface area contributed by atoms with E-state index in [4.69, 9.17) is 21.8 Å². The number of carboxylic acids is 2. The lowest BCUT2D eigenvalue weighted by Gasteiger charge is -2.12. The number of Topliss-reactive ketones (excluding diaryl/α,β-unsaturated/α-hetero) is 1. The second kappa shape index (κ2) is 4.97. The molecule has 0 aliphatic heterocycles. The van der Waals surface area contributed by atoms with Crippen LogP contribution < -0.4 is 0 Å². The van der Waals surface area contributed by atoms with Crippen molar-refractivity contribution in [2.75, 3.05) is 0 Å². The number of carbonyl (C=O) groups is 3. The van der Waals surface area contributed by atoms with Crippen molar-refractivity contribution in [1.82, 2.24) is 0 Å². The summed E-state index contributed by atoms with van der Waals surface area (Å²) in [5, 5.41) is 16.6. The Morgan fingerprint density at radius 3 is 1.82 bits per heavy atom. The van der Waals surface area contributed by atoms with Crippen molar-refractivity contribution in [3.63, 3.8) is 0 Å². The highest BCUT2D eigenvalue weighted by molar-refractivity contribution is 6.32. The third-order valence-electron chi connectivity index (χ3n) is 2.18. The molecule has 0 heterocycles. The summed E-state index contributed by atoms with van der Waals surface area (Å²) in [6.45, 7) is 1.17. The molecule has 1 atom stereocenters. The number of carbonyl (C=O) groups excluding carboxylic acids is 1. The molecule has 0 spiro atoms. The molecule has 90 valence electrons. The minimum atomic E-state index is -1.32. The molecule has 0 aliphatic rings. The number of ketones is 1. The molecule has 0 aromatic heterocycles. The van der Waals surface area contributed by atoms with Crippen LogP contribution in [-0.4, -0.2) is 27.9 Å². The van der Waals surface area contributed by atoms with Crippen molar-refractivity contribution in [2.45, 2.75) is 12.3 Å². The molecule has 17 heavy (non-hydrogen) atoms. The highest BCUT2D eigenvalue weighted by Crippen LogP contribution is 2.28. The van der Waals surface area contributed by atoms with E-state index in [0.29, 0.717) is 0 Å². The first-order chi connectivity index (χ1) is 7.86. The summed E-state index contributed by atoms with van der Waals surface area (Å²) in [7, 11) is 0. The van der Waals surface area contributed by atoms with Crippen molar-refractivity contribution < 1.29 is 24.6 Å². The van der Waals surface area contributed by atoms with Crippen molar-refractivity contribution in [1.29, 1.82) is 0 Å². The summed E-state index contributed by atoms with van der Waals surface area (Å²) >= 11 is 5.76. The van der Waals surface area contributed by atoms with Gasteiger partial charge in [0.25, 0.3) is 0 Å². The monoisotopic (exact) mass is 256 g/mol. The molecule has 0 radical (unpaired) electrons. The van der Waals surface area contributed by atoms with Gasteiger partial charge >= 0.3 is 11.9 Å². The molecule has 1 unspecified atom stereocenters. The Hall–Kier alpha value is -1.88. The third-order valence-corrected chi connectivity index (χ3v) is 2.70. The quantitative estimate of drug-likeness (QED) is 0.804. The predicted octanol–water partition coefficient (Wildman–Crippen LogP) is 1.95. The fourth-order valence-corrected chi connectivity index (χ4v) is 1.65. The Kier molecular flexibility index (Phi) is 3.85. The zero-order valence-corrected chi connectivity index (χ0v) is 9.56. The van der Waals surface area contributed by atoms with E-state index in [1.807, 2.05) is 0 Å². The van der Waals surface area contributed by atoms with E-state index in [0.717, 1.165) is 0 Å². The van der Waals surface area contributed by atoms with Crippen LogP contribution in [0.3, 0.4) is 0 Å². The fourth-order valence-electron chi connectivity index (χ4n) is 1.41. The number of aromatic carboxylic acids is 2. The molecule has 0 bridgehead atoms. The maximum absolute atomic E-state index is 11.2. The SMILES string of the molecule is CC(=O)C(Cl)c1c(C(=O)O)cccc1C(=O)O. The standard InChI is InChI=1S/C11H9ClO5/c1-5(13)9(12)8-6(10(14)15)3-2-4-7(8)11(16)17/h2-4,9H,1H3,(H,14,15)(H,16,17). The third kappa shape index (κ3) is 2.62. The molecule has 0 fully saturated rings. The number of hydrogen-bond acceptors (Lipinski definition) is 3. The second-order valence-electron chi connectivity index (χ2n) is 3.35. The molecule has 0 aliphatic carbocycles. The van der Waals surface area contributed by atoms with Gasteiger partial charge in [0, 0.05) is 5.56 Å². The molecule has 5 nitrogen and oxygen atoms in total. The van der Waals surface area contributed by atoms with Crippen LogP contribution >= 0.6 is 11.6 Å². The smallest absolute Gasteiger partial charge is 0.336 e. The van der Waals surface area contributed by atoms with Crippen LogP contribution in [-0.2, 0) is 4.79 Å². The van der Waals surface area contributed by atoms with Gasteiger partial charge in [0.15, 0.2) is 5.78 Å². The molecule has 1 rings (SSSR count). The van der Waals surface area contributed by atoms with Crippen LogP contribution in [0.15, 0.2) is 18.2 Å².